The maximum Gasteiger partial charge on any atom is 0.253 e. The van der Waals surface area contributed by atoms with E-state index in [9.17, 15) is 9.90 Å². The molecule has 132 valence electrons. The lowest BCUT2D eigenvalue weighted by atomic mass is 10.1. The molecule has 1 aromatic heterocycles. The smallest absolute Gasteiger partial charge is 0.253 e. The van der Waals surface area contributed by atoms with Gasteiger partial charge in [0.05, 0.1) is 11.7 Å². The zero-order valence-corrected chi connectivity index (χ0v) is 15.7. The SMILES string of the molecule is CN(Cc1ccc2nsnc2c1)C(=O)c1cccc(C#CC(C)(C)O)c1. The van der Waals surface area contributed by atoms with Crippen LogP contribution in [-0.2, 0) is 6.54 Å². The molecule has 5 nitrogen and oxygen atoms in total. The molecule has 3 aromatic rings. The number of amides is 1. The van der Waals surface area contributed by atoms with Crippen molar-refractivity contribution in [2.75, 3.05) is 7.05 Å². The van der Waals surface area contributed by atoms with Gasteiger partial charge in [-0.3, -0.25) is 4.79 Å². The highest BCUT2D eigenvalue weighted by atomic mass is 32.1. The van der Waals surface area contributed by atoms with Crippen LogP contribution in [0.5, 0.6) is 0 Å². The van der Waals surface area contributed by atoms with Crippen LogP contribution in [0.1, 0.15) is 35.3 Å². The Morgan fingerprint density at radius 2 is 1.96 bits per heavy atom. The van der Waals surface area contributed by atoms with Crippen LogP contribution >= 0.6 is 11.7 Å². The van der Waals surface area contributed by atoms with Crippen molar-refractivity contribution in [2.45, 2.75) is 26.0 Å². The Morgan fingerprint density at radius 3 is 2.73 bits per heavy atom. The fraction of sp³-hybridized carbons (Fsp3) is 0.250. The molecule has 26 heavy (non-hydrogen) atoms. The first kappa shape index (κ1) is 18.1. The van der Waals surface area contributed by atoms with Gasteiger partial charge in [0, 0.05) is 24.7 Å². The highest BCUT2D eigenvalue weighted by molar-refractivity contribution is 7.00. The quantitative estimate of drug-likeness (QED) is 0.725. The summed E-state index contributed by atoms with van der Waals surface area (Å²) in [5.41, 5.74) is 2.90. The number of carbonyl (C=O) groups is 1. The largest absolute Gasteiger partial charge is 0.378 e. The van der Waals surface area contributed by atoms with Gasteiger partial charge < -0.3 is 10.0 Å². The summed E-state index contributed by atoms with van der Waals surface area (Å²) >= 11 is 1.18. The van der Waals surface area contributed by atoms with Crippen molar-refractivity contribution in [3.05, 3.63) is 59.2 Å². The first-order chi connectivity index (χ1) is 12.3. The maximum atomic E-state index is 12.7. The molecule has 1 amide bonds. The number of carbonyl (C=O) groups excluding carboxylic acids is 1. The second-order valence-electron chi connectivity index (χ2n) is 6.64. The number of rotatable bonds is 3. The van der Waals surface area contributed by atoms with E-state index in [0.29, 0.717) is 17.7 Å². The minimum atomic E-state index is -1.07. The van der Waals surface area contributed by atoms with E-state index >= 15 is 0 Å². The highest BCUT2D eigenvalue weighted by Crippen LogP contribution is 2.16. The summed E-state index contributed by atoms with van der Waals surface area (Å²) in [5, 5.41) is 9.71. The molecule has 1 N–H and O–H groups in total. The summed E-state index contributed by atoms with van der Waals surface area (Å²) in [5.74, 6) is 5.57. The minimum absolute atomic E-state index is 0.0894. The van der Waals surface area contributed by atoms with Crippen LogP contribution in [0.3, 0.4) is 0 Å². The maximum absolute atomic E-state index is 12.7. The molecule has 2 aromatic carbocycles. The van der Waals surface area contributed by atoms with E-state index in [4.69, 9.17) is 0 Å². The number of aliphatic hydroxyl groups is 1. The van der Waals surface area contributed by atoms with Gasteiger partial charge in [-0.1, -0.05) is 24.0 Å². The van der Waals surface area contributed by atoms with Crippen molar-refractivity contribution in [3.63, 3.8) is 0 Å². The number of nitrogens with zero attached hydrogens (tertiary/aromatic N) is 3. The van der Waals surface area contributed by atoms with Crippen molar-refractivity contribution in [1.29, 1.82) is 0 Å². The third kappa shape index (κ3) is 4.45. The fourth-order valence-electron chi connectivity index (χ4n) is 2.45. The van der Waals surface area contributed by atoms with E-state index in [1.807, 2.05) is 24.3 Å². The molecule has 6 heteroatoms. The summed E-state index contributed by atoms with van der Waals surface area (Å²) in [7, 11) is 1.76. The molecule has 0 fully saturated rings. The lowest BCUT2D eigenvalue weighted by Gasteiger charge is -2.17. The average Bonchev–Trinajstić information content (AvgIpc) is 3.06. The van der Waals surface area contributed by atoms with Gasteiger partial charge in [-0.15, -0.1) is 0 Å². The van der Waals surface area contributed by atoms with Crippen LogP contribution in [0.15, 0.2) is 42.5 Å². The lowest BCUT2D eigenvalue weighted by molar-refractivity contribution is 0.0785. The first-order valence-electron chi connectivity index (χ1n) is 8.14. The Labute approximate surface area is 156 Å². The first-order valence-corrected chi connectivity index (χ1v) is 8.87. The predicted molar refractivity (Wildman–Crippen MR) is 103 cm³/mol. The van der Waals surface area contributed by atoms with Gasteiger partial charge in [-0.25, -0.2) is 0 Å². The molecular formula is C20H19N3O2S. The predicted octanol–water partition coefficient (Wildman–Crippen LogP) is 3.09. The van der Waals surface area contributed by atoms with Crippen molar-refractivity contribution in [3.8, 4) is 11.8 Å². The zero-order valence-electron chi connectivity index (χ0n) is 14.9. The van der Waals surface area contributed by atoms with Gasteiger partial charge in [-0.2, -0.15) is 8.75 Å². The molecule has 0 spiro atoms. The molecule has 0 unspecified atom stereocenters. The summed E-state index contributed by atoms with van der Waals surface area (Å²) in [4.78, 5) is 14.4. The Morgan fingerprint density at radius 1 is 1.19 bits per heavy atom. The van der Waals surface area contributed by atoms with Crippen LogP contribution < -0.4 is 0 Å². The number of hydrogen-bond acceptors (Lipinski definition) is 5. The van der Waals surface area contributed by atoms with Crippen LogP contribution in [-0.4, -0.2) is 37.3 Å². The zero-order chi connectivity index (χ0) is 18.7. The standard InChI is InChI=1S/C20H19N3O2S/c1-20(2,25)10-9-14-5-4-6-16(11-14)19(24)23(3)13-15-7-8-17-18(12-15)22-26-21-17/h4-8,11-12,25H,13H2,1-3H3. The molecule has 0 aliphatic rings. The molecule has 1 heterocycles. The molecule has 0 aliphatic heterocycles. The van der Waals surface area contributed by atoms with Gasteiger partial charge in [-0.05, 0) is 49.7 Å². The summed E-state index contributed by atoms with van der Waals surface area (Å²) in [6.07, 6.45) is 0. The van der Waals surface area contributed by atoms with Crippen LogP contribution in [0, 0.1) is 11.8 Å². The van der Waals surface area contributed by atoms with Crippen LogP contribution in [0.25, 0.3) is 11.0 Å². The Hall–Kier alpha value is -2.75. The molecule has 0 saturated carbocycles. The fourth-order valence-corrected chi connectivity index (χ4v) is 2.96. The number of fused-ring (bicyclic) bond motifs is 1. The average molecular weight is 365 g/mol. The van der Waals surface area contributed by atoms with Crippen LogP contribution in [0.4, 0.5) is 0 Å². The Balaban J connectivity index is 1.76. The minimum Gasteiger partial charge on any atom is -0.378 e. The molecule has 0 radical (unpaired) electrons. The van der Waals surface area contributed by atoms with E-state index < -0.39 is 5.60 Å². The monoisotopic (exact) mass is 365 g/mol. The molecule has 0 bridgehead atoms. The number of hydrogen-bond donors (Lipinski definition) is 1. The van der Waals surface area contributed by atoms with E-state index in [1.165, 1.54) is 11.7 Å². The number of benzene rings is 2. The molecule has 3 rings (SSSR count). The second-order valence-corrected chi connectivity index (χ2v) is 7.17. The van der Waals surface area contributed by atoms with Crippen molar-refractivity contribution >= 4 is 28.7 Å². The van der Waals surface area contributed by atoms with Crippen molar-refractivity contribution in [1.82, 2.24) is 13.6 Å². The Kier molecular flexibility index (Phi) is 5.03. The normalized spacial score (nSPS) is 11.1. The second kappa shape index (κ2) is 7.24. The summed E-state index contributed by atoms with van der Waals surface area (Å²) in [6, 6.07) is 12.9. The van der Waals surface area contributed by atoms with Gasteiger partial charge in [0.25, 0.3) is 5.91 Å². The summed E-state index contributed by atoms with van der Waals surface area (Å²) < 4.78 is 8.42. The number of aromatic nitrogens is 2. The molecule has 0 aliphatic carbocycles. The van der Waals surface area contributed by atoms with E-state index in [-0.39, 0.29) is 5.91 Å². The van der Waals surface area contributed by atoms with Crippen LogP contribution in [0.2, 0.25) is 0 Å². The van der Waals surface area contributed by atoms with E-state index in [1.54, 1.807) is 44.0 Å². The van der Waals surface area contributed by atoms with Gasteiger partial charge >= 0.3 is 0 Å². The molecule has 0 atom stereocenters. The van der Waals surface area contributed by atoms with Crippen molar-refractivity contribution in [2.24, 2.45) is 0 Å². The van der Waals surface area contributed by atoms with Gasteiger partial charge in [0.2, 0.25) is 0 Å². The van der Waals surface area contributed by atoms with E-state index in [2.05, 4.69) is 20.6 Å². The molecular weight excluding hydrogens is 346 g/mol. The third-order valence-electron chi connectivity index (χ3n) is 3.71. The molecule has 0 saturated heterocycles. The summed E-state index contributed by atoms with van der Waals surface area (Å²) in [6.45, 7) is 3.72. The van der Waals surface area contributed by atoms with Crippen molar-refractivity contribution < 1.29 is 9.90 Å². The third-order valence-corrected chi connectivity index (χ3v) is 4.26. The highest BCUT2D eigenvalue weighted by Gasteiger charge is 2.13. The van der Waals surface area contributed by atoms with Gasteiger partial charge in [0.15, 0.2) is 0 Å². The lowest BCUT2D eigenvalue weighted by Crippen LogP contribution is -2.26. The topological polar surface area (TPSA) is 66.3 Å². The van der Waals surface area contributed by atoms with E-state index in [0.717, 1.165) is 16.6 Å². The Bertz CT molecular complexity index is 1010. The van der Waals surface area contributed by atoms with Gasteiger partial charge in [0.1, 0.15) is 16.6 Å².